The zero-order valence-electron chi connectivity index (χ0n) is 8.29. The topological polar surface area (TPSA) is 80.4 Å². The van der Waals surface area contributed by atoms with Gasteiger partial charge < -0.3 is 5.11 Å². The third kappa shape index (κ3) is 1.85. The highest BCUT2D eigenvalue weighted by molar-refractivity contribution is 6.23. The van der Waals surface area contributed by atoms with Gasteiger partial charge >= 0.3 is 0 Å². The number of rotatable bonds is 2. The molecule has 0 aliphatic heterocycles. The van der Waals surface area contributed by atoms with E-state index in [9.17, 15) is 20.0 Å². The van der Waals surface area contributed by atoms with Crippen molar-refractivity contribution in [1.29, 1.82) is 0 Å². The van der Waals surface area contributed by atoms with Gasteiger partial charge in [-0.2, -0.15) is 0 Å². The van der Waals surface area contributed by atoms with Gasteiger partial charge in [-0.15, -0.1) is 0 Å². The maximum absolute atomic E-state index is 11.4. The van der Waals surface area contributed by atoms with Gasteiger partial charge in [-0.05, 0) is 23.8 Å². The molecule has 1 aliphatic carbocycles. The third-order valence-corrected chi connectivity index (χ3v) is 2.44. The summed E-state index contributed by atoms with van der Waals surface area (Å²) in [4.78, 5) is 21.4. The van der Waals surface area contributed by atoms with Gasteiger partial charge in [0.1, 0.15) is 0 Å². The molecular weight excluding hydrogens is 210 g/mol. The number of aliphatic hydroxyl groups excluding tert-OH is 1. The van der Waals surface area contributed by atoms with Crippen LogP contribution in [0.1, 0.15) is 12.0 Å². The predicted octanol–water partition coefficient (Wildman–Crippen LogP) is 1.31. The smallest absolute Gasteiger partial charge is 0.269 e. The Morgan fingerprint density at radius 2 is 1.94 bits per heavy atom. The lowest BCUT2D eigenvalue weighted by atomic mass is 10.0. The van der Waals surface area contributed by atoms with Crippen molar-refractivity contribution in [2.45, 2.75) is 12.5 Å². The minimum absolute atomic E-state index is 0.0182. The maximum Gasteiger partial charge on any atom is 0.269 e. The summed E-state index contributed by atoms with van der Waals surface area (Å²) in [5.41, 5.74) is 1.02. The fourth-order valence-electron chi connectivity index (χ4n) is 1.66. The average molecular weight is 219 g/mol. The zero-order valence-corrected chi connectivity index (χ0v) is 8.29. The van der Waals surface area contributed by atoms with Crippen molar-refractivity contribution in [2.24, 2.45) is 0 Å². The Balaban J connectivity index is 2.32. The number of nitrogens with zero attached hydrogens (tertiary/aromatic N) is 1. The van der Waals surface area contributed by atoms with Gasteiger partial charge in [-0.25, -0.2) is 0 Å². The van der Waals surface area contributed by atoms with Crippen LogP contribution >= 0.6 is 0 Å². The molecule has 0 radical (unpaired) electrons. The van der Waals surface area contributed by atoms with Crippen LogP contribution in [0.4, 0.5) is 5.69 Å². The summed E-state index contributed by atoms with van der Waals surface area (Å²) in [6, 6.07) is 5.71. The molecule has 1 aromatic carbocycles. The first-order valence-corrected chi connectivity index (χ1v) is 4.76. The normalized spacial score (nSPS) is 19.7. The van der Waals surface area contributed by atoms with Crippen LogP contribution < -0.4 is 0 Å². The average Bonchev–Trinajstić information content (AvgIpc) is 2.58. The van der Waals surface area contributed by atoms with Crippen LogP contribution in [-0.2, 0) is 4.79 Å². The fraction of sp³-hybridized carbons (Fsp3) is 0.182. The number of Topliss-reactive ketones (excluding diaryl/α,β-unsaturated/α-hetero) is 1. The lowest BCUT2D eigenvalue weighted by molar-refractivity contribution is -0.384. The predicted molar refractivity (Wildman–Crippen MR) is 56.7 cm³/mol. The van der Waals surface area contributed by atoms with Gasteiger partial charge in [0.05, 0.1) is 11.0 Å². The molecule has 1 atom stereocenters. The summed E-state index contributed by atoms with van der Waals surface area (Å²) in [5, 5.41) is 19.7. The van der Waals surface area contributed by atoms with Crippen LogP contribution in [0.3, 0.4) is 0 Å². The summed E-state index contributed by atoms with van der Waals surface area (Å²) >= 11 is 0. The Hall–Kier alpha value is -2.01. The first-order chi connectivity index (χ1) is 7.58. The molecule has 0 bridgehead atoms. The van der Waals surface area contributed by atoms with E-state index in [0.29, 0.717) is 11.1 Å². The molecule has 5 nitrogen and oxygen atoms in total. The molecule has 82 valence electrons. The molecule has 1 N–H and O–H groups in total. The van der Waals surface area contributed by atoms with Gasteiger partial charge in [-0.1, -0.05) is 0 Å². The fourth-order valence-corrected chi connectivity index (χ4v) is 1.66. The first-order valence-electron chi connectivity index (χ1n) is 4.76. The minimum Gasteiger partial charge on any atom is -0.389 e. The third-order valence-electron chi connectivity index (χ3n) is 2.44. The Morgan fingerprint density at radius 1 is 1.31 bits per heavy atom. The molecule has 2 rings (SSSR count). The number of carbonyl (C=O) groups is 1. The van der Waals surface area contributed by atoms with Gasteiger partial charge in [0.15, 0.2) is 5.78 Å². The number of hydrogen-bond donors (Lipinski definition) is 1. The van der Waals surface area contributed by atoms with E-state index in [0.717, 1.165) is 0 Å². The minimum atomic E-state index is -0.738. The highest BCUT2D eigenvalue weighted by Gasteiger charge is 2.23. The molecule has 0 fully saturated rings. The van der Waals surface area contributed by atoms with E-state index in [-0.39, 0.29) is 17.9 Å². The van der Waals surface area contributed by atoms with Crippen molar-refractivity contribution in [1.82, 2.24) is 0 Å². The van der Waals surface area contributed by atoms with Gasteiger partial charge in [0.2, 0.25) is 0 Å². The van der Waals surface area contributed by atoms with Crippen LogP contribution in [0, 0.1) is 10.1 Å². The lowest BCUT2D eigenvalue weighted by Gasteiger charge is -1.99. The standard InChI is InChI=1S/C11H9NO4/c13-9-5-10(11(14)6-9)7-1-3-8(4-2-7)12(15)16/h1-5,9,13H,6H2. The number of carbonyl (C=O) groups excluding carboxylic acids is 1. The van der Waals surface area contributed by atoms with Gasteiger partial charge in [-0.3, -0.25) is 14.9 Å². The summed E-state index contributed by atoms with van der Waals surface area (Å²) in [7, 11) is 0. The number of aliphatic hydroxyl groups is 1. The van der Waals surface area contributed by atoms with Crippen molar-refractivity contribution in [3.05, 3.63) is 46.0 Å². The number of allylic oxidation sites excluding steroid dienone is 1. The molecule has 0 saturated carbocycles. The van der Waals surface area contributed by atoms with E-state index in [2.05, 4.69) is 0 Å². The number of nitro benzene ring substituents is 1. The van der Waals surface area contributed by atoms with Crippen molar-refractivity contribution in [2.75, 3.05) is 0 Å². The van der Waals surface area contributed by atoms with E-state index >= 15 is 0 Å². The second kappa shape index (κ2) is 3.86. The Bertz CT molecular complexity index is 475. The summed E-state index contributed by atoms with van der Waals surface area (Å²) in [6.07, 6.45) is 0.827. The molecule has 1 aromatic rings. The quantitative estimate of drug-likeness (QED) is 0.600. The zero-order chi connectivity index (χ0) is 11.7. The van der Waals surface area contributed by atoms with Gasteiger partial charge in [0, 0.05) is 24.1 Å². The van der Waals surface area contributed by atoms with Crippen molar-refractivity contribution < 1.29 is 14.8 Å². The first kappa shape index (κ1) is 10.5. The number of benzene rings is 1. The molecule has 5 heteroatoms. The van der Waals surface area contributed by atoms with E-state index < -0.39 is 11.0 Å². The van der Waals surface area contributed by atoms with E-state index in [4.69, 9.17) is 0 Å². The van der Waals surface area contributed by atoms with E-state index in [1.807, 2.05) is 0 Å². The van der Waals surface area contributed by atoms with Crippen LogP contribution in [0.5, 0.6) is 0 Å². The van der Waals surface area contributed by atoms with Crippen molar-refractivity contribution in [3.8, 4) is 0 Å². The van der Waals surface area contributed by atoms with E-state index in [1.54, 1.807) is 0 Å². The number of non-ortho nitro benzene ring substituents is 1. The van der Waals surface area contributed by atoms with Crippen LogP contribution in [-0.4, -0.2) is 21.9 Å². The number of hydrogen-bond acceptors (Lipinski definition) is 4. The maximum atomic E-state index is 11.4. The highest BCUT2D eigenvalue weighted by Crippen LogP contribution is 2.26. The monoisotopic (exact) mass is 219 g/mol. The molecule has 0 heterocycles. The largest absolute Gasteiger partial charge is 0.389 e. The Kier molecular flexibility index (Phi) is 2.54. The molecule has 0 aromatic heterocycles. The van der Waals surface area contributed by atoms with E-state index in [1.165, 1.54) is 30.3 Å². The van der Waals surface area contributed by atoms with Gasteiger partial charge in [0.25, 0.3) is 5.69 Å². The lowest BCUT2D eigenvalue weighted by Crippen LogP contribution is -2.01. The summed E-state index contributed by atoms with van der Waals surface area (Å²) in [6.45, 7) is 0. The molecular formula is C11H9NO4. The summed E-state index contributed by atoms with van der Waals surface area (Å²) in [5.74, 6) is -0.138. The van der Waals surface area contributed by atoms with Crippen molar-refractivity contribution in [3.63, 3.8) is 0 Å². The molecule has 0 saturated heterocycles. The van der Waals surface area contributed by atoms with Crippen molar-refractivity contribution >= 4 is 17.0 Å². The van der Waals surface area contributed by atoms with Crippen LogP contribution in [0.15, 0.2) is 30.3 Å². The Labute approximate surface area is 91.2 Å². The van der Waals surface area contributed by atoms with Crippen LogP contribution in [0.2, 0.25) is 0 Å². The molecule has 16 heavy (non-hydrogen) atoms. The van der Waals surface area contributed by atoms with Crippen LogP contribution in [0.25, 0.3) is 5.57 Å². The SMILES string of the molecule is O=C1CC(O)C=C1c1ccc([N+](=O)[O-])cc1. The number of ketones is 1. The molecule has 0 spiro atoms. The highest BCUT2D eigenvalue weighted by atomic mass is 16.6. The molecule has 0 amide bonds. The molecule has 1 aliphatic rings. The second-order valence-corrected chi connectivity index (χ2v) is 3.58. The number of nitro groups is 1. The second-order valence-electron chi connectivity index (χ2n) is 3.58. The Morgan fingerprint density at radius 3 is 2.38 bits per heavy atom. The molecule has 1 unspecified atom stereocenters. The summed E-state index contributed by atoms with van der Waals surface area (Å²) < 4.78 is 0.